The number of fused-ring (bicyclic) bond motifs is 1. The van der Waals surface area contributed by atoms with Gasteiger partial charge in [0, 0.05) is 13.0 Å². The molecule has 0 aromatic rings. The largest absolute Gasteiger partial charge is 0.461 e. The van der Waals surface area contributed by atoms with Gasteiger partial charge < -0.3 is 9.64 Å². The number of nitrogens with zero attached hydrogens (tertiary/aromatic N) is 1. The molecule has 4 unspecified atom stereocenters. The Bertz CT molecular complexity index is 1410. The van der Waals surface area contributed by atoms with Gasteiger partial charge in [0.25, 0.3) is 0 Å². The van der Waals surface area contributed by atoms with Crippen LogP contribution in [0.15, 0.2) is 0 Å². The highest BCUT2D eigenvalue weighted by Gasteiger charge is 2.40. The molecule has 3 N–H and O–H groups in total. The van der Waals surface area contributed by atoms with Crippen LogP contribution in [0.25, 0.3) is 0 Å². The van der Waals surface area contributed by atoms with Crippen molar-refractivity contribution < 1.29 is 65.8 Å². The molecule has 0 saturated carbocycles. The standard InChI is InChI=1S/C35H65NO15S3/c1-2-22-29-23-17-13-9-8-11-15-19-26-32(50-53(42,43)44)34(51-54(45,46)47)31(49-52(39,40)41)25-18-14-10-6-4-3-5-7-12-16-20-27-33(37)36-28-21-24-30(36)35(38)48-29/h29-32,34H,2-28H2,1H3,(H,39,40,41)(H,42,43,44)(H,45,46,47)/t29?,30-,31?,32?,34?/m0/s1. The van der Waals surface area contributed by atoms with Crippen LogP contribution in [0, 0.1) is 0 Å². The van der Waals surface area contributed by atoms with Crippen LogP contribution in [0.2, 0.25) is 0 Å². The molecule has 2 saturated heterocycles. The summed E-state index contributed by atoms with van der Waals surface area (Å²) >= 11 is 0. The van der Waals surface area contributed by atoms with Gasteiger partial charge in [-0.05, 0) is 51.4 Å². The van der Waals surface area contributed by atoms with Crippen molar-refractivity contribution in [2.75, 3.05) is 6.54 Å². The molecule has 16 nitrogen and oxygen atoms in total. The van der Waals surface area contributed by atoms with Crippen molar-refractivity contribution in [3.05, 3.63) is 0 Å². The second kappa shape index (κ2) is 25.7. The van der Waals surface area contributed by atoms with Crippen molar-refractivity contribution in [3.63, 3.8) is 0 Å². The molecule has 19 heteroatoms. The Morgan fingerprint density at radius 1 is 0.574 bits per heavy atom. The number of cyclic esters (lactones) is 1. The molecule has 0 bridgehead atoms. The number of hydrogen-bond acceptors (Lipinski definition) is 12. The molecule has 318 valence electrons. The first-order valence-corrected chi connectivity index (χ1v) is 24.1. The number of amides is 1. The molecule has 2 rings (SSSR count). The van der Waals surface area contributed by atoms with E-state index in [0.29, 0.717) is 45.1 Å². The summed E-state index contributed by atoms with van der Waals surface area (Å²) < 4.78 is 119. The van der Waals surface area contributed by atoms with Crippen LogP contribution in [0.4, 0.5) is 0 Å². The van der Waals surface area contributed by atoms with Crippen LogP contribution in [0.1, 0.15) is 174 Å². The van der Waals surface area contributed by atoms with Gasteiger partial charge in [0.15, 0.2) is 0 Å². The predicted octanol–water partition coefficient (Wildman–Crippen LogP) is 6.85. The monoisotopic (exact) mass is 835 g/mol. The molecule has 2 aliphatic rings. The molecule has 0 spiro atoms. The van der Waals surface area contributed by atoms with Gasteiger partial charge in [-0.15, -0.1) is 0 Å². The highest BCUT2D eigenvalue weighted by molar-refractivity contribution is 7.81. The summed E-state index contributed by atoms with van der Waals surface area (Å²) in [5.41, 5.74) is 0. The van der Waals surface area contributed by atoms with Crippen LogP contribution in [0.3, 0.4) is 0 Å². The smallest absolute Gasteiger partial charge is 0.397 e. The summed E-state index contributed by atoms with van der Waals surface area (Å²) in [4.78, 5) is 27.9. The number of ether oxygens (including phenoxy) is 1. The Balaban J connectivity index is 2.12. The zero-order valence-electron chi connectivity index (χ0n) is 31.9. The molecule has 0 aromatic carbocycles. The summed E-state index contributed by atoms with van der Waals surface area (Å²) in [6.45, 7) is 2.62. The van der Waals surface area contributed by atoms with Gasteiger partial charge in [-0.3, -0.25) is 18.5 Å². The molecular weight excluding hydrogens is 771 g/mol. The fraction of sp³-hybridized carbons (Fsp3) is 0.943. The van der Waals surface area contributed by atoms with Crippen molar-refractivity contribution in [2.24, 2.45) is 0 Å². The lowest BCUT2D eigenvalue weighted by molar-refractivity contribution is -0.158. The first kappa shape index (κ1) is 48.7. The lowest BCUT2D eigenvalue weighted by atomic mass is 9.97. The van der Waals surface area contributed by atoms with Gasteiger partial charge in [0.1, 0.15) is 30.5 Å². The van der Waals surface area contributed by atoms with E-state index in [2.05, 4.69) is 0 Å². The Morgan fingerprint density at radius 2 is 0.981 bits per heavy atom. The molecule has 0 aliphatic carbocycles. The first-order valence-electron chi connectivity index (χ1n) is 20.0. The number of carbonyl (C=O) groups is 2. The van der Waals surface area contributed by atoms with Gasteiger partial charge in [0.05, 0.1) is 0 Å². The Kier molecular flexibility index (Phi) is 23.2. The average molecular weight is 836 g/mol. The number of hydrogen-bond donors (Lipinski definition) is 3. The molecule has 0 radical (unpaired) electrons. The van der Waals surface area contributed by atoms with Crippen LogP contribution >= 0.6 is 0 Å². The third-order valence-corrected chi connectivity index (χ3v) is 11.5. The van der Waals surface area contributed by atoms with Crippen molar-refractivity contribution in [1.29, 1.82) is 0 Å². The Morgan fingerprint density at radius 3 is 1.41 bits per heavy atom. The van der Waals surface area contributed by atoms with Crippen LogP contribution in [-0.4, -0.2) is 92.7 Å². The van der Waals surface area contributed by atoms with Gasteiger partial charge in [-0.2, -0.15) is 25.3 Å². The van der Waals surface area contributed by atoms with E-state index in [1.165, 1.54) is 0 Å². The summed E-state index contributed by atoms with van der Waals surface area (Å²) in [6, 6.07) is -0.514. The van der Waals surface area contributed by atoms with Gasteiger partial charge in [-0.25, -0.2) is 17.3 Å². The Labute approximate surface area is 323 Å². The second-order valence-corrected chi connectivity index (χ2v) is 17.8. The topological polar surface area (TPSA) is 237 Å². The maximum absolute atomic E-state index is 13.2. The van der Waals surface area contributed by atoms with E-state index in [1.807, 2.05) is 6.92 Å². The SMILES string of the molecule is CCCC1CCCCCCCCCC(OS(=O)(=O)O)C(OS(=O)(=O)O)C(OS(=O)(=O)O)CCCCCCCCCCCCCC(=O)N2CCC[C@H]2C(=O)O1. The predicted molar refractivity (Wildman–Crippen MR) is 200 cm³/mol. The van der Waals surface area contributed by atoms with Gasteiger partial charge >= 0.3 is 37.2 Å². The van der Waals surface area contributed by atoms with E-state index in [1.54, 1.807) is 4.90 Å². The van der Waals surface area contributed by atoms with E-state index >= 15 is 0 Å². The summed E-state index contributed by atoms with van der Waals surface area (Å²) in [5.74, 6) is -0.290. The van der Waals surface area contributed by atoms with Crippen molar-refractivity contribution in [2.45, 2.75) is 204 Å². The van der Waals surface area contributed by atoms with E-state index in [4.69, 9.17) is 17.3 Å². The lowest BCUT2D eigenvalue weighted by Gasteiger charge is -2.30. The fourth-order valence-electron chi connectivity index (χ4n) is 7.45. The first-order chi connectivity index (χ1) is 25.5. The third-order valence-electron chi connectivity index (χ3n) is 10.1. The zero-order chi connectivity index (χ0) is 40.0. The van der Waals surface area contributed by atoms with E-state index in [9.17, 15) is 48.5 Å². The van der Waals surface area contributed by atoms with E-state index < -0.39 is 55.6 Å². The quantitative estimate of drug-likeness (QED) is 0.167. The minimum absolute atomic E-state index is 0.0238. The minimum atomic E-state index is -5.31. The summed E-state index contributed by atoms with van der Waals surface area (Å²) in [6.07, 6.45) is 11.9. The van der Waals surface area contributed by atoms with Crippen LogP contribution < -0.4 is 0 Å². The molecule has 0 aromatic heterocycles. The molecule has 54 heavy (non-hydrogen) atoms. The molecule has 5 atom stereocenters. The minimum Gasteiger partial charge on any atom is -0.461 e. The average Bonchev–Trinajstić information content (AvgIpc) is 3.56. The van der Waals surface area contributed by atoms with Crippen molar-refractivity contribution in [1.82, 2.24) is 4.90 Å². The third kappa shape index (κ3) is 22.3. The zero-order valence-corrected chi connectivity index (χ0v) is 34.3. The maximum atomic E-state index is 13.2. The van der Waals surface area contributed by atoms with E-state index in [-0.39, 0.29) is 43.7 Å². The number of rotatable bonds is 8. The van der Waals surface area contributed by atoms with Gasteiger partial charge in [0.2, 0.25) is 5.91 Å². The van der Waals surface area contributed by atoms with Gasteiger partial charge in [-0.1, -0.05) is 116 Å². The molecule has 2 aliphatic heterocycles. The second-order valence-electron chi connectivity index (χ2n) is 14.7. The van der Waals surface area contributed by atoms with Crippen molar-refractivity contribution in [3.8, 4) is 0 Å². The molecule has 1 amide bonds. The maximum Gasteiger partial charge on any atom is 0.397 e. The van der Waals surface area contributed by atoms with Crippen LogP contribution in [0.5, 0.6) is 0 Å². The fourth-order valence-corrected chi connectivity index (χ4v) is 9.01. The van der Waals surface area contributed by atoms with Crippen LogP contribution in [-0.2, 0) is 58.1 Å². The lowest BCUT2D eigenvalue weighted by Crippen LogP contribution is -2.45. The summed E-state index contributed by atoms with van der Waals surface area (Å²) in [7, 11) is -15.7. The highest BCUT2D eigenvalue weighted by atomic mass is 32.3. The molecule has 2 fully saturated rings. The molecule has 2 heterocycles. The number of carbonyl (C=O) groups excluding carboxylic acids is 2. The highest BCUT2D eigenvalue weighted by Crippen LogP contribution is 2.27. The molecular formula is C35H65NO15S3. The summed E-state index contributed by atoms with van der Waals surface area (Å²) in [5, 5.41) is 0. The van der Waals surface area contributed by atoms with E-state index in [0.717, 1.165) is 103 Å². The normalized spacial score (nSPS) is 27.7. The number of esters is 1. The van der Waals surface area contributed by atoms with Crippen molar-refractivity contribution >= 4 is 43.1 Å². The Hall–Kier alpha value is -1.45.